The van der Waals surface area contributed by atoms with Gasteiger partial charge in [-0.2, -0.15) is 0 Å². The zero-order chi connectivity index (χ0) is 17.2. The summed E-state index contributed by atoms with van der Waals surface area (Å²) in [5.74, 6) is 0.603. The Kier molecular flexibility index (Phi) is 4.31. The normalized spacial score (nSPS) is 11.2. The van der Waals surface area contributed by atoms with Crippen molar-refractivity contribution in [1.82, 2.24) is 4.98 Å². The van der Waals surface area contributed by atoms with Crippen molar-refractivity contribution in [2.75, 3.05) is 11.8 Å². The number of hydrogen-bond acceptors (Lipinski definition) is 3. The molecule has 0 unspecified atom stereocenters. The third kappa shape index (κ3) is 3.28. The molecule has 0 saturated heterocycles. The van der Waals surface area contributed by atoms with Crippen LogP contribution in [0.1, 0.15) is 5.56 Å². The lowest BCUT2D eigenvalue weighted by Gasteiger charge is -2.12. The van der Waals surface area contributed by atoms with Crippen molar-refractivity contribution in [3.05, 3.63) is 66.4 Å². The van der Waals surface area contributed by atoms with Crippen molar-refractivity contribution in [1.29, 1.82) is 0 Å². The number of aromatic amines is 1. The lowest BCUT2D eigenvalue weighted by molar-refractivity contribution is 0.416. The highest BCUT2D eigenvalue weighted by atomic mass is 32.2. The van der Waals surface area contributed by atoms with E-state index < -0.39 is 10.0 Å². The van der Waals surface area contributed by atoms with E-state index >= 15 is 0 Å². The largest absolute Gasteiger partial charge is 0.496 e. The average Bonchev–Trinajstić information content (AvgIpc) is 3.10. The molecular formula is C18H18N2O3S. The van der Waals surface area contributed by atoms with Crippen molar-refractivity contribution in [3.63, 3.8) is 0 Å². The van der Waals surface area contributed by atoms with Gasteiger partial charge in [0.1, 0.15) is 5.75 Å². The van der Waals surface area contributed by atoms with Crippen LogP contribution in [0, 0.1) is 6.92 Å². The molecule has 0 spiro atoms. The van der Waals surface area contributed by atoms with Gasteiger partial charge in [0, 0.05) is 23.1 Å². The number of anilines is 1. The van der Waals surface area contributed by atoms with Gasteiger partial charge in [0.15, 0.2) is 0 Å². The predicted molar refractivity (Wildman–Crippen MR) is 94.8 cm³/mol. The van der Waals surface area contributed by atoms with Gasteiger partial charge >= 0.3 is 0 Å². The van der Waals surface area contributed by atoms with E-state index in [4.69, 9.17) is 4.74 Å². The minimum atomic E-state index is -3.68. The first-order valence-electron chi connectivity index (χ1n) is 7.41. The SMILES string of the molecule is COc1ccc(S(=O)(=O)Nc2ccc(C)cc2)cc1-c1ccc[nH]1. The third-order valence-electron chi connectivity index (χ3n) is 3.67. The molecule has 124 valence electrons. The first-order valence-corrected chi connectivity index (χ1v) is 8.89. The molecule has 0 radical (unpaired) electrons. The van der Waals surface area contributed by atoms with Crippen molar-refractivity contribution in [2.24, 2.45) is 0 Å². The Balaban J connectivity index is 1.99. The predicted octanol–water partition coefficient (Wildman–Crippen LogP) is 3.80. The molecule has 1 heterocycles. The maximum Gasteiger partial charge on any atom is 0.261 e. The van der Waals surface area contributed by atoms with Crippen LogP contribution < -0.4 is 9.46 Å². The van der Waals surface area contributed by atoms with Gasteiger partial charge < -0.3 is 9.72 Å². The maximum atomic E-state index is 12.6. The van der Waals surface area contributed by atoms with E-state index in [0.29, 0.717) is 17.0 Å². The Morgan fingerprint density at radius 2 is 1.79 bits per heavy atom. The monoisotopic (exact) mass is 342 g/mol. The smallest absolute Gasteiger partial charge is 0.261 e. The number of aromatic nitrogens is 1. The molecule has 2 aromatic carbocycles. The van der Waals surface area contributed by atoms with Crippen molar-refractivity contribution < 1.29 is 13.2 Å². The Labute approximate surface area is 141 Å². The quantitative estimate of drug-likeness (QED) is 0.741. The van der Waals surface area contributed by atoms with Crippen LogP contribution in [-0.2, 0) is 10.0 Å². The lowest BCUT2D eigenvalue weighted by atomic mass is 10.1. The molecule has 0 atom stereocenters. The number of hydrogen-bond donors (Lipinski definition) is 2. The zero-order valence-corrected chi connectivity index (χ0v) is 14.2. The minimum Gasteiger partial charge on any atom is -0.496 e. The topological polar surface area (TPSA) is 71.2 Å². The molecule has 2 N–H and O–H groups in total. The number of rotatable bonds is 5. The summed E-state index contributed by atoms with van der Waals surface area (Å²) in [5.41, 5.74) is 3.07. The fourth-order valence-corrected chi connectivity index (χ4v) is 3.48. The van der Waals surface area contributed by atoms with E-state index in [9.17, 15) is 8.42 Å². The van der Waals surface area contributed by atoms with Crippen LogP contribution in [0.2, 0.25) is 0 Å². The van der Waals surface area contributed by atoms with Gasteiger partial charge in [0.25, 0.3) is 10.0 Å². The van der Waals surface area contributed by atoms with Crippen LogP contribution in [0.5, 0.6) is 5.75 Å². The number of methoxy groups -OCH3 is 1. The van der Waals surface area contributed by atoms with Gasteiger partial charge in [0.05, 0.1) is 12.0 Å². The van der Waals surface area contributed by atoms with E-state index in [1.54, 1.807) is 37.6 Å². The summed E-state index contributed by atoms with van der Waals surface area (Å²) in [4.78, 5) is 3.24. The molecule has 3 rings (SSSR count). The number of sulfonamides is 1. The molecule has 1 aromatic heterocycles. The van der Waals surface area contributed by atoms with Crippen LogP contribution in [-0.4, -0.2) is 20.5 Å². The molecular weight excluding hydrogens is 324 g/mol. The number of aryl methyl sites for hydroxylation is 1. The summed E-state index contributed by atoms with van der Waals surface area (Å²) in [7, 11) is -2.13. The average molecular weight is 342 g/mol. The minimum absolute atomic E-state index is 0.175. The number of ether oxygens (including phenoxy) is 1. The third-order valence-corrected chi connectivity index (χ3v) is 5.05. The van der Waals surface area contributed by atoms with Gasteiger partial charge in [-0.1, -0.05) is 17.7 Å². The molecule has 0 bridgehead atoms. The highest BCUT2D eigenvalue weighted by Crippen LogP contribution is 2.31. The summed E-state index contributed by atoms with van der Waals surface area (Å²) in [5, 5.41) is 0. The summed E-state index contributed by atoms with van der Waals surface area (Å²) in [6, 6.07) is 15.7. The summed E-state index contributed by atoms with van der Waals surface area (Å²) in [6.07, 6.45) is 1.78. The molecule has 0 fully saturated rings. The van der Waals surface area contributed by atoms with Crippen molar-refractivity contribution in [3.8, 4) is 17.0 Å². The number of H-pyrrole nitrogens is 1. The van der Waals surface area contributed by atoms with E-state index in [0.717, 1.165) is 11.3 Å². The van der Waals surface area contributed by atoms with Crippen LogP contribution in [0.25, 0.3) is 11.3 Å². The van der Waals surface area contributed by atoms with E-state index in [2.05, 4.69) is 9.71 Å². The van der Waals surface area contributed by atoms with Gasteiger partial charge in [-0.25, -0.2) is 8.42 Å². The fraction of sp³-hybridized carbons (Fsp3) is 0.111. The van der Waals surface area contributed by atoms with Crippen LogP contribution in [0.15, 0.2) is 65.7 Å². The molecule has 0 aliphatic rings. The van der Waals surface area contributed by atoms with Crippen LogP contribution in [0.3, 0.4) is 0 Å². The van der Waals surface area contributed by atoms with Gasteiger partial charge in [-0.3, -0.25) is 4.72 Å². The van der Waals surface area contributed by atoms with E-state index in [1.807, 2.05) is 31.2 Å². The van der Waals surface area contributed by atoms with E-state index in [-0.39, 0.29) is 4.90 Å². The molecule has 0 saturated carbocycles. The van der Waals surface area contributed by atoms with Crippen molar-refractivity contribution in [2.45, 2.75) is 11.8 Å². The molecule has 0 aliphatic heterocycles. The highest BCUT2D eigenvalue weighted by molar-refractivity contribution is 7.92. The van der Waals surface area contributed by atoms with Crippen LogP contribution in [0.4, 0.5) is 5.69 Å². The molecule has 3 aromatic rings. The number of nitrogens with one attached hydrogen (secondary N) is 2. The first kappa shape index (κ1) is 16.1. The Morgan fingerprint density at radius 3 is 2.42 bits per heavy atom. The van der Waals surface area contributed by atoms with E-state index in [1.165, 1.54) is 6.07 Å². The second kappa shape index (κ2) is 6.41. The zero-order valence-electron chi connectivity index (χ0n) is 13.4. The second-order valence-corrected chi connectivity index (χ2v) is 7.10. The Morgan fingerprint density at radius 1 is 1.04 bits per heavy atom. The standard InChI is InChI=1S/C18H18N2O3S/c1-13-5-7-14(8-6-13)20-24(21,22)15-9-10-18(23-2)16(12-15)17-4-3-11-19-17/h3-12,19-20H,1-2H3. The van der Waals surface area contributed by atoms with Gasteiger partial charge in [-0.15, -0.1) is 0 Å². The number of benzene rings is 2. The fourth-order valence-electron chi connectivity index (χ4n) is 2.40. The van der Waals surface area contributed by atoms with Gasteiger partial charge in [-0.05, 0) is 49.4 Å². The summed E-state index contributed by atoms with van der Waals surface area (Å²) in [6.45, 7) is 1.95. The molecule has 5 nitrogen and oxygen atoms in total. The lowest BCUT2D eigenvalue weighted by Crippen LogP contribution is -2.13. The second-order valence-electron chi connectivity index (χ2n) is 5.42. The maximum absolute atomic E-state index is 12.6. The van der Waals surface area contributed by atoms with Crippen LogP contribution >= 0.6 is 0 Å². The Hall–Kier alpha value is -2.73. The molecule has 24 heavy (non-hydrogen) atoms. The highest BCUT2D eigenvalue weighted by Gasteiger charge is 2.17. The molecule has 0 aliphatic carbocycles. The molecule has 0 amide bonds. The molecule has 6 heteroatoms. The van der Waals surface area contributed by atoms with Crippen molar-refractivity contribution >= 4 is 15.7 Å². The summed E-state index contributed by atoms with van der Waals surface area (Å²) >= 11 is 0. The van der Waals surface area contributed by atoms with Gasteiger partial charge in [0.2, 0.25) is 0 Å². The summed E-state index contributed by atoms with van der Waals surface area (Å²) < 4.78 is 33.2. The Bertz CT molecular complexity index is 931. The first-order chi connectivity index (χ1) is 11.5.